The molecular weight excluding hydrogens is 277 g/mol. The maximum atomic E-state index is 14.0. The van der Waals surface area contributed by atoms with Crippen molar-refractivity contribution in [2.45, 2.75) is 13.0 Å². The Morgan fingerprint density at radius 3 is 2.70 bits per heavy atom. The van der Waals surface area contributed by atoms with Crippen LogP contribution in [0.25, 0.3) is 11.0 Å². The average molecular weight is 290 g/mol. The fraction of sp³-hybridized carbons (Fsp3) is 0.125. The van der Waals surface area contributed by atoms with Crippen LogP contribution in [0.4, 0.5) is 4.39 Å². The average Bonchev–Trinajstić information content (AvgIpc) is 2.81. The lowest BCUT2D eigenvalue weighted by atomic mass is 10.0. The van der Waals surface area contributed by atoms with Crippen LogP contribution in [0.1, 0.15) is 22.9 Å². The minimum Gasteiger partial charge on any atom is -0.459 e. The van der Waals surface area contributed by atoms with E-state index in [9.17, 15) is 4.39 Å². The summed E-state index contributed by atoms with van der Waals surface area (Å²) in [7, 11) is 0. The molecule has 1 atom stereocenters. The first-order valence-corrected chi connectivity index (χ1v) is 6.63. The molecule has 2 aromatic carbocycles. The van der Waals surface area contributed by atoms with E-state index < -0.39 is 6.04 Å². The van der Waals surface area contributed by atoms with Crippen LogP contribution in [-0.2, 0) is 0 Å². The number of rotatable bonds is 2. The van der Waals surface area contributed by atoms with E-state index in [4.69, 9.17) is 21.8 Å². The highest BCUT2D eigenvalue weighted by Crippen LogP contribution is 2.29. The summed E-state index contributed by atoms with van der Waals surface area (Å²) >= 11 is 5.93. The van der Waals surface area contributed by atoms with E-state index in [-0.39, 0.29) is 5.82 Å². The molecule has 0 saturated carbocycles. The lowest BCUT2D eigenvalue weighted by Gasteiger charge is -2.10. The van der Waals surface area contributed by atoms with Gasteiger partial charge < -0.3 is 10.2 Å². The van der Waals surface area contributed by atoms with Crippen molar-refractivity contribution in [1.29, 1.82) is 0 Å². The van der Waals surface area contributed by atoms with Gasteiger partial charge in [0, 0.05) is 16.0 Å². The molecule has 0 fully saturated rings. The summed E-state index contributed by atoms with van der Waals surface area (Å²) in [4.78, 5) is 0. The van der Waals surface area contributed by atoms with Gasteiger partial charge in [0.2, 0.25) is 0 Å². The smallest absolute Gasteiger partial charge is 0.134 e. The molecule has 4 heteroatoms. The third-order valence-corrected chi connectivity index (χ3v) is 3.53. The van der Waals surface area contributed by atoms with Gasteiger partial charge in [-0.25, -0.2) is 4.39 Å². The van der Waals surface area contributed by atoms with Gasteiger partial charge >= 0.3 is 0 Å². The normalized spacial score (nSPS) is 12.8. The van der Waals surface area contributed by atoms with E-state index in [0.717, 1.165) is 10.9 Å². The molecular formula is C16H13ClFNO. The lowest BCUT2D eigenvalue weighted by molar-refractivity contribution is 0.510. The van der Waals surface area contributed by atoms with Crippen molar-refractivity contribution in [3.63, 3.8) is 0 Å². The summed E-state index contributed by atoms with van der Waals surface area (Å²) in [6.07, 6.45) is 0. The van der Waals surface area contributed by atoms with Crippen molar-refractivity contribution in [3.05, 3.63) is 70.2 Å². The van der Waals surface area contributed by atoms with Gasteiger partial charge in [0.25, 0.3) is 0 Å². The first-order valence-electron chi connectivity index (χ1n) is 6.25. The molecule has 0 amide bonds. The summed E-state index contributed by atoms with van der Waals surface area (Å²) in [6.45, 7) is 1.83. The zero-order valence-corrected chi connectivity index (χ0v) is 11.6. The van der Waals surface area contributed by atoms with Crippen molar-refractivity contribution >= 4 is 22.6 Å². The Morgan fingerprint density at radius 1 is 1.15 bits per heavy atom. The molecule has 0 aliphatic rings. The summed E-state index contributed by atoms with van der Waals surface area (Å²) in [6, 6.07) is 11.5. The second kappa shape index (κ2) is 4.93. The minimum absolute atomic E-state index is 0.323. The van der Waals surface area contributed by atoms with Crippen LogP contribution in [0.15, 0.2) is 46.9 Å². The number of hydrogen-bond acceptors (Lipinski definition) is 2. The topological polar surface area (TPSA) is 39.2 Å². The molecule has 1 unspecified atom stereocenters. The standard InChI is InChI=1S/C16H13ClFNO/c1-9-2-4-12(13(18)6-9)16(19)15-8-10-7-11(17)3-5-14(10)20-15/h2-8,16H,19H2,1H3. The van der Waals surface area contributed by atoms with E-state index in [2.05, 4.69) is 0 Å². The molecule has 2 N–H and O–H groups in total. The van der Waals surface area contributed by atoms with Gasteiger partial charge in [-0.1, -0.05) is 23.7 Å². The molecule has 0 aliphatic carbocycles. The molecule has 20 heavy (non-hydrogen) atoms. The van der Waals surface area contributed by atoms with E-state index in [0.29, 0.717) is 21.9 Å². The number of benzene rings is 2. The van der Waals surface area contributed by atoms with Crippen LogP contribution in [0.3, 0.4) is 0 Å². The van der Waals surface area contributed by atoms with Crippen LogP contribution in [-0.4, -0.2) is 0 Å². The predicted molar refractivity (Wildman–Crippen MR) is 78.4 cm³/mol. The summed E-state index contributed by atoms with van der Waals surface area (Å²) in [5.74, 6) is 0.195. The van der Waals surface area contributed by atoms with Gasteiger partial charge in [0.1, 0.15) is 17.2 Å². The van der Waals surface area contributed by atoms with Gasteiger partial charge in [0.05, 0.1) is 6.04 Å². The fourth-order valence-electron chi connectivity index (χ4n) is 2.23. The minimum atomic E-state index is -0.637. The quantitative estimate of drug-likeness (QED) is 0.750. The number of fused-ring (bicyclic) bond motifs is 1. The van der Waals surface area contributed by atoms with Crippen LogP contribution >= 0.6 is 11.6 Å². The van der Waals surface area contributed by atoms with E-state index >= 15 is 0 Å². The molecule has 102 valence electrons. The van der Waals surface area contributed by atoms with Gasteiger partial charge in [-0.05, 0) is 42.8 Å². The SMILES string of the molecule is Cc1ccc(C(N)c2cc3cc(Cl)ccc3o2)c(F)c1. The summed E-state index contributed by atoms with van der Waals surface area (Å²) < 4.78 is 19.6. The molecule has 0 saturated heterocycles. The Bertz CT molecular complexity index is 781. The molecule has 3 aromatic rings. The van der Waals surface area contributed by atoms with Crippen LogP contribution in [0.5, 0.6) is 0 Å². The maximum Gasteiger partial charge on any atom is 0.134 e. The van der Waals surface area contributed by atoms with Gasteiger partial charge in [-0.15, -0.1) is 0 Å². The highest BCUT2D eigenvalue weighted by Gasteiger charge is 2.17. The Morgan fingerprint density at radius 2 is 1.95 bits per heavy atom. The second-order valence-electron chi connectivity index (χ2n) is 4.83. The Labute approximate surface area is 121 Å². The Kier molecular flexibility index (Phi) is 3.24. The number of halogens is 2. The summed E-state index contributed by atoms with van der Waals surface area (Å²) in [5.41, 5.74) is 8.06. The van der Waals surface area contributed by atoms with E-state index in [1.165, 1.54) is 6.07 Å². The molecule has 0 spiro atoms. The van der Waals surface area contributed by atoms with Crippen molar-refractivity contribution in [2.24, 2.45) is 5.73 Å². The van der Waals surface area contributed by atoms with Crippen LogP contribution in [0, 0.1) is 12.7 Å². The third-order valence-electron chi connectivity index (χ3n) is 3.29. The van der Waals surface area contributed by atoms with Gasteiger partial charge in [-0.2, -0.15) is 0 Å². The third kappa shape index (κ3) is 2.30. The Hall–Kier alpha value is -1.84. The largest absolute Gasteiger partial charge is 0.459 e. The van der Waals surface area contributed by atoms with Crippen molar-refractivity contribution in [1.82, 2.24) is 0 Å². The summed E-state index contributed by atoms with van der Waals surface area (Å²) in [5, 5.41) is 1.48. The van der Waals surface area contributed by atoms with Crippen LogP contribution in [0.2, 0.25) is 5.02 Å². The first kappa shape index (κ1) is 13.2. The second-order valence-corrected chi connectivity index (χ2v) is 5.27. The molecule has 0 radical (unpaired) electrons. The van der Waals surface area contributed by atoms with Crippen molar-refractivity contribution < 1.29 is 8.81 Å². The number of furan rings is 1. The predicted octanol–water partition coefficient (Wildman–Crippen LogP) is 4.58. The molecule has 1 heterocycles. The molecule has 2 nitrogen and oxygen atoms in total. The molecule has 1 aromatic heterocycles. The van der Waals surface area contributed by atoms with Gasteiger partial charge in [0.15, 0.2) is 0 Å². The Balaban J connectivity index is 2.05. The van der Waals surface area contributed by atoms with E-state index in [1.807, 2.05) is 13.0 Å². The van der Waals surface area contributed by atoms with Crippen LogP contribution < -0.4 is 5.73 Å². The zero-order chi connectivity index (χ0) is 14.3. The zero-order valence-electron chi connectivity index (χ0n) is 10.9. The van der Waals surface area contributed by atoms with Crippen molar-refractivity contribution in [2.75, 3.05) is 0 Å². The van der Waals surface area contributed by atoms with Gasteiger partial charge in [-0.3, -0.25) is 0 Å². The molecule has 0 bridgehead atoms. The van der Waals surface area contributed by atoms with E-state index in [1.54, 1.807) is 30.3 Å². The highest BCUT2D eigenvalue weighted by molar-refractivity contribution is 6.31. The lowest BCUT2D eigenvalue weighted by Crippen LogP contribution is -2.12. The first-order chi connectivity index (χ1) is 9.54. The molecule has 3 rings (SSSR count). The number of hydrogen-bond donors (Lipinski definition) is 1. The fourth-order valence-corrected chi connectivity index (χ4v) is 2.41. The highest BCUT2D eigenvalue weighted by atomic mass is 35.5. The molecule has 0 aliphatic heterocycles. The maximum absolute atomic E-state index is 14.0. The monoisotopic (exact) mass is 289 g/mol. The number of nitrogens with two attached hydrogens (primary N) is 1. The van der Waals surface area contributed by atoms with Crippen molar-refractivity contribution in [3.8, 4) is 0 Å². The number of aryl methyl sites for hydroxylation is 1.